The van der Waals surface area contributed by atoms with Crippen molar-refractivity contribution < 1.29 is 9.90 Å². The fourth-order valence-corrected chi connectivity index (χ4v) is 0.786. The lowest BCUT2D eigenvalue weighted by atomic mass is 10.5. The zero-order valence-corrected chi connectivity index (χ0v) is 7.47. The van der Waals surface area contributed by atoms with Gasteiger partial charge < -0.3 is 5.11 Å². The van der Waals surface area contributed by atoms with Gasteiger partial charge in [-0.2, -0.15) is 0 Å². The van der Waals surface area contributed by atoms with Gasteiger partial charge in [-0.25, -0.2) is 0 Å². The van der Waals surface area contributed by atoms with Crippen molar-refractivity contribution in [2.24, 2.45) is 0 Å². The van der Waals surface area contributed by atoms with Crippen molar-refractivity contribution in [2.75, 3.05) is 0 Å². The van der Waals surface area contributed by atoms with E-state index in [0.29, 0.717) is 0 Å². The highest BCUT2D eigenvalue weighted by Gasteiger charge is 1.72. The van der Waals surface area contributed by atoms with Crippen molar-refractivity contribution in [3.8, 4) is 0 Å². The highest BCUT2D eigenvalue weighted by Crippen LogP contribution is 1.93. The number of hydrogen-bond donors (Lipinski definition) is 1. The first-order valence-corrected chi connectivity index (χ1v) is 4.13. The second kappa shape index (κ2) is 10.4. The average molecular weight is 178 g/mol. The normalized spacial score (nSPS) is 14.5. The molecule has 2 heteroatoms. The summed E-state index contributed by atoms with van der Waals surface area (Å²) in [6.07, 6.45) is 19.0. The van der Waals surface area contributed by atoms with E-state index in [2.05, 4.69) is 48.6 Å². The molecule has 0 amide bonds. The third-order valence-corrected chi connectivity index (χ3v) is 1.31. The van der Waals surface area contributed by atoms with Gasteiger partial charge in [-0.15, -0.1) is 0 Å². The van der Waals surface area contributed by atoms with Crippen molar-refractivity contribution in [3.05, 3.63) is 48.6 Å². The smallest absolute Gasteiger partial charge is 0.290 e. The Morgan fingerprint density at radius 3 is 1.15 bits per heavy atom. The standard InChI is InChI=1S/2C5H6.CH2O2/c2*1-2-4-5-3-1;2-1-3/h2*1-4H,5H2;1H,(H,2,3). The molecule has 2 aliphatic rings. The molecule has 0 bridgehead atoms. The zero-order chi connectivity index (χ0) is 9.78. The lowest BCUT2D eigenvalue weighted by Gasteiger charge is -1.57. The van der Waals surface area contributed by atoms with Crippen LogP contribution in [0, 0.1) is 0 Å². The molecule has 2 aliphatic carbocycles. The third kappa shape index (κ3) is 10.4. The Labute approximate surface area is 78.6 Å². The van der Waals surface area contributed by atoms with Gasteiger partial charge in [0.2, 0.25) is 0 Å². The number of carboxylic acid groups (broad SMARTS) is 1. The summed E-state index contributed by atoms with van der Waals surface area (Å²) in [4.78, 5) is 8.36. The molecule has 13 heavy (non-hydrogen) atoms. The van der Waals surface area contributed by atoms with Crippen LogP contribution in [0.25, 0.3) is 0 Å². The molecule has 0 saturated heterocycles. The molecule has 0 heterocycles. The van der Waals surface area contributed by atoms with E-state index in [1.165, 1.54) is 0 Å². The number of rotatable bonds is 0. The number of carbonyl (C=O) groups is 1. The summed E-state index contributed by atoms with van der Waals surface area (Å²) >= 11 is 0. The molecular weight excluding hydrogens is 164 g/mol. The Morgan fingerprint density at radius 2 is 1.08 bits per heavy atom. The first-order chi connectivity index (χ1) is 6.41. The zero-order valence-electron chi connectivity index (χ0n) is 7.47. The van der Waals surface area contributed by atoms with Crippen molar-refractivity contribution in [1.82, 2.24) is 0 Å². The lowest BCUT2D eigenvalue weighted by Crippen LogP contribution is -1.49. The van der Waals surface area contributed by atoms with Gasteiger partial charge in [0.15, 0.2) is 0 Å². The Morgan fingerprint density at radius 1 is 0.846 bits per heavy atom. The van der Waals surface area contributed by atoms with Gasteiger partial charge in [-0.3, -0.25) is 4.79 Å². The van der Waals surface area contributed by atoms with Gasteiger partial charge in [0.25, 0.3) is 6.47 Å². The summed E-state index contributed by atoms with van der Waals surface area (Å²) in [6, 6.07) is 0. The molecule has 0 aromatic heterocycles. The summed E-state index contributed by atoms with van der Waals surface area (Å²) in [5.74, 6) is 0. The van der Waals surface area contributed by atoms with Gasteiger partial charge in [0, 0.05) is 0 Å². The van der Waals surface area contributed by atoms with Crippen LogP contribution >= 0.6 is 0 Å². The highest BCUT2D eigenvalue weighted by atomic mass is 16.3. The maximum absolute atomic E-state index is 8.36. The Balaban J connectivity index is 0.000000174. The van der Waals surface area contributed by atoms with Gasteiger partial charge >= 0.3 is 0 Å². The van der Waals surface area contributed by atoms with E-state index in [1.54, 1.807) is 0 Å². The third-order valence-electron chi connectivity index (χ3n) is 1.31. The summed E-state index contributed by atoms with van der Waals surface area (Å²) in [6.45, 7) is -0.250. The Hall–Kier alpha value is -1.57. The molecule has 1 N–H and O–H groups in total. The van der Waals surface area contributed by atoms with Crippen LogP contribution in [0.4, 0.5) is 0 Å². The van der Waals surface area contributed by atoms with E-state index >= 15 is 0 Å². The van der Waals surface area contributed by atoms with Gasteiger partial charge in [0.1, 0.15) is 0 Å². The summed E-state index contributed by atoms with van der Waals surface area (Å²) in [5.41, 5.74) is 0. The van der Waals surface area contributed by atoms with Crippen molar-refractivity contribution in [3.63, 3.8) is 0 Å². The monoisotopic (exact) mass is 178 g/mol. The van der Waals surface area contributed by atoms with Crippen LogP contribution in [0.15, 0.2) is 48.6 Å². The van der Waals surface area contributed by atoms with Crippen LogP contribution in [-0.4, -0.2) is 11.6 Å². The van der Waals surface area contributed by atoms with E-state index in [4.69, 9.17) is 9.90 Å². The summed E-state index contributed by atoms with van der Waals surface area (Å²) < 4.78 is 0. The SMILES string of the molecule is C1=CCC=C1.C1=CCC=C1.O=CO. The molecule has 0 aromatic carbocycles. The van der Waals surface area contributed by atoms with Crippen molar-refractivity contribution in [1.29, 1.82) is 0 Å². The molecule has 2 nitrogen and oxygen atoms in total. The van der Waals surface area contributed by atoms with E-state index in [0.717, 1.165) is 12.8 Å². The molecule has 0 radical (unpaired) electrons. The maximum atomic E-state index is 8.36. The van der Waals surface area contributed by atoms with Crippen LogP contribution in [0.5, 0.6) is 0 Å². The quantitative estimate of drug-likeness (QED) is 0.579. The maximum Gasteiger partial charge on any atom is 0.290 e. The van der Waals surface area contributed by atoms with Gasteiger partial charge in [-0.1, -0.05) is 48.6 Å². The van der Waals surface area contributed by atoms with E-state index in [9.17, 15) is 0 Å². The van der Waals surface area contributed by atoms with Crippen LogP contribution in [0.2, 0.25) is 0 Å². The minimum Gasteiger partial charge on any atom is -0.483 e. The number of allylic oxidation sites excluding steroid dienone is 8. The molecule has 0 spiro atoms. The fourth-order valence-electron chi connectivity index (χ4n) is 0.786. The van der Waals surface area contributed by atoms with Crippen LogP contribution in [0.3, 0.4) is 0 Å². The first kappa shape index (κ1) is 11.4. The first-order valence-electron chi connectivity index (χ1n) is 4.13. The molecule has 2 rings (SSSR count). The van der Waals surface area contributed by atoms with E-state index in [-0.39, 0.29) is 6.47 Å². The Bertz CT molecular complexity index is 180. The topological polar surface area (TPSA) is 37.3 Å². The lowest BCUT2D eigenvalue weighted by molar-refractivity contribution is -0.122. The minimum atomic E-state index is -0.250. The van der Waals surface area contributed by atoms with Crippen LogP contribution < -0.4 is 0 Å². The summed E-state index contributed by atoms with van der Waals surface area (Å²) in [7, 11) is 0. The predicted molar refractivity (Wildman–Crippen MR) is 54.5 cm³/mol. The van der Waals surface area contributed by atoms with E-state index < -0.39 is 0 Å². The van der Waals surface area contributed by atoms with Crippen LogP contribution in [-0.2, 0) is 4.79 Å². The fraction of sp³-hybridized carbons (Fsp3) is 0.182. The second-order valence-electron chi connectivity index (χ2n) is 2.29. The molecule has 0 unspecified atom stereocenters. The number of hydrogen-bond acceptors (Lipinski definition) is 1. The Kier molecular flexibility index (Phi) is 9.17. The predicted octanol–water partition coefficient (Wildman–Crippen LogP) is 2.71. The molecule has 0 aliphatic heterocycles. The van der Waals surface area contributed by atoms with Crippen LogP contribution in [0.1, 0.15) is 12.8 Å². The second-order valence-corrected chi connectivity index (χ2v) is 2.29. The highest BCUT2D eigenvalue weighted by molar-refractivity contribution is 5.32. The average Bonchev–Trinajstić information content (AvgIpc) is 2.85. The van der Waals surface area contributed by atoms with Crippen molar-refractivity contribution in [2.45, 2.75) is 12.8 Å². The molecule has 0 saturated carbocycles. The van der Waals surface area contributed by atoms with E-state index in [1.807, 2.05) is 0 Å². The van der Waals surface area contributed by atoms with Gasteiger partial charge in [-0.05, 0) is 12.8 Å². The molecule has 0 fully saturated rings. The molecule has 0 atom stereocenters. The summed E-state index contributed by atoms with van der Waals surface area (Å²) in [5, 5.41) is 6.89. The molecule has 70 valence electrons. The van der Waals surface area contributed by atoms with Crippen molar-refractivity contribution >= 4 is 6.47 Å². The molecule has 0 aromatic rings. The van der Waals surface area contributed by atoms with Gasteiger partial charge in [0.05, 0.1) is 0 Å². The minimum absolute atomic E-state index is 0.250. The largest absolute Gasteiger partial charge is 0.483 e. The molecular formula is C11H14O2.